The van der Waals surface area contributed by atoms with Crippen molar-refractivity contribution in [3.63, 3.8) is 0 Å². The number of nitrogens with one attached hydrogen (secondary N) is 3. The molecule has 0 saturated carbocycles. The third kappa shape index (κ3) is 5.69. The number of aliphatic hydroxyl groups is 1. The van der Waals surface area contributed by atoms with Gasteiger partial charge in [-0.2, -0.15) is 0 Å². The van der Waals surface area contributed by atoms with E-state index in [0.29, 0.717) is 35.3 Å². The van der Waals surface area contributed by atoms with Crippen LogP contribution in [-0.2, 0) is 6.42 Å². The van der Waals surface area contributed by atoms with Gasteiger partial charge in [0.1, 0.15) is 18.5 Å². The first kappa shape index (κ1) is 21.0. The maximum atomic E-state index is 11.2. The van der Waals surface area contributed by atoms with Crippen LogP contribution < -0.4 is 29.7 Å². The molecule has 0 aliphatic carbocycles. The summed E-state index contributed by atoms with van der Waals surface area (Å²) in [4.78, 5) is 13.2. The van der Waals surface area contributed by atoms with Crippen molar-refractivity contribution in [2.45, 2.75) is 12.5 Å². The predicted molar refractivity (Wildman–Crippen MR) is 117 cm³/mol. The van der Waals surface area contributed by atoms with Gasteiger partial charge in [-0.25, -0.2) is 0 Å². The largest absolute Gasteiger partial charge is 0.492 e. The van der Waals surface area contributed by atoms with Crippen LogP contribution in [0.3, 0.4) is 0 Å². The zero-order chi connectivity index (χ0) is 21.6. The molecule has 0 fully saturated rings. The number of anilines is 2. The molecule has 0 amide bonds. The highest BCUT2D eigenvalue weighted by atomic mass is 32.1. The SMILES string of the molecule is O=c1[nH]c(O)c(Nc2ccc(CCNC[C@H](O)COc3ccc4c(c3)OCO4)cc2)s1. The highest BCUT2D eigenvalue weighted by molar-refractivity contribution is 7.13. The normalized spacial score (nSPS) is 13.2. The summed E-state index contributed by atoms with van der Waals surface area (Å²) < 4.78 is 16.2. The first-order valence-corrected chi connectivity index (χ1v) is 10.6. The van der Waals surface area contributed by atoms with Crippen LogP contribution in [0.25, 0.3) is 0 Å². The number of aromatic nitrogens is 1. The fraction of sp³-hybridized carbons (Fsp3) is 0.286. The Bertz CT molecular complexity index is 1070. The average Bonchev–Trinajstić information content (AvgIpc) is 3.36. The van der Waals surface area contributed by atoms with Gasteiger partial charge in [0.25, 0.3) is 0 Å². The summed E-state index contributed by atoms with van der Waals surface area (Å²) in [6, 6.07) is 13.0. The highest BCUT2D eigenvalue weighted by Gasteiger charge is 2.14. The van der Waals surface area contributed by atoms with Crippen molar-refractivity contribution in [2.75, 3.05) is 31.8 Å². The van der Waals surface area contributed by atoms with Gasteiger partial charge in [0, 0.05) is 18.3 Å². The molecule has 0 radical (unpaired) electrons. The summed E-state index contributed by atoms with van der Waals surface area (Å²) in [6.45, 7) is 1.50. The molecule has 1 aliphatic rings. The molecule has 10 heteroatoms. The summed E-state index contributed by atoms with van der Waals surface area (Å²) in [7, 11) is 0. The topological polar surface area (TPSA) is 125 Å². The summed E-state index contributed by atoms with van der Waals surface area (Å²) in [6.07, 6.45) is 0.150. The number of H-pyrrole nitrogens is 1. The van der Waals surface area contributed by atoms with Crippen LogP contribution in [-0.4, -0.2) is 47.8 Å². The van der Waals surface area contributed by atoms with Crippen molar-refractivity contribution in [3.05, 3.63) is 57.7 Å². The van der Waals surface area contributed by atoms with Crippen molar-refractivity contribution < 1.29 is 24.4 Å². The van der Waals surface area contributed by atoms with Crippen molar-refractivity contribution in [3.8, 4) is 23.1 Å². The van der Waals surface area contributed by atoms with Gasteiger partial charge < -0.3 is 35.1 Å². The minimum absolute atomic E-state index is 0.163. The lowest BCUT2D eigenvalue weighted by atomic mass is 10.1. The minimum atomic E-state index is -0.641. The highest BCUT2D eigenvalue weighted by Crippen LogP contribution is 2.35. The molecular weight excluding hydrogens is 422 g/mol. The zero-order valence-corrected chi connectivity index (χ0v) is 17.4. The van der Waals surface area contributed by atoms with Gasteiger partial charge in [0.15, 0.2) is 16.5 Å². The molecule has 0 spiro atoms. The van der Waals surface area contributed by atoms with E-state index in [9.17, 15) is 15.0 Å². The van der Waals surface area contributed by atoms with E-state index in [1.54, 1.807) is 18.2 Å². The second kappa shape index (κ2) is 9.73. The third-order valence-corrected chi connectivity index (χ3v) is 5.39. The Kier molecular flexibility index (Phi) is 6.60. The number of benzene rings is 2. The Morgan fingerprint density at radius 3 is 2.74 bits per heavy atom. The molecule has 0 unspecified atom stereocenters. The molecule has 9 nitrogen and oxygen atoms in total. The summed E-state index contributed by atoms with van der Waals surface area (Å²) >= 11 is 0.913. The first-order valence-electron chi connectivity index (χ1n) is 9.76. The number of rotatable bonds is 10. The van der Waals surface area contributed by atoms with Crippen LogP contribution >= 0.6 is 11.3 Å². The number of aromatic hydroxyl groups is 1. The number of hydrogen-bond donors (Lipinski definition) is 5. The molecule has 31 heavy (non-hydrogen) atoms. The van der Waals surface area contributed by atoms with Crippen LogP contribution in [0.15, 0.2) is 47.3 Å². The monoisotopic (exact) mass is 445 g/mol. The van der Waals surface area contributed by atoms with Crippen molar-refractivity contribution >= 4 is 22.0 Å². The zero-order valence-electron chi connectivity index (χ0n) is 16.6. The molecule has 5 N–H and O–H groups in total. The smallest absolute Gasteiger partial charge is 0.309 e. The van der Waals surface area contributed by atoms with Crippen molar-refractivity contribution in [2.24, 2.45) is 0 Å². The van der Waals surface area contributed by atoms with E-state index in [1.807, 2.05) is 24.3 Å². The number of ether oxygens (including phenoxy) is 3. The summed E-state index contributed by atoms with van der Waals surface area (Å²) in [5.74, 6) is 1.80. The van der Waals surface area contributed by atoms with Gasteiger partial charge in [-0.15, -0.1) is 0 Å². The molecule has 0 saturated heterocycles. The number of fused-ring (bicyclic) bond motifs is 1. The van der Waals surface area contributed by atoms with E-state index in [4.69, 9.17) is 14.2 Å². The molecule has 4 rings (SSSR count). The Morgan fingerprint density at radius 2 is 1.97 bits per heavy atom. The van der Waals surface area contributed by atoms with E-state index >= 15 is 0 Å². The summed E-state index contributed by atoms with van der Waals surface area (Å²) in [5, 5.41) is 26.3. The minimum Gasteiger partial charge on any atom is -0.492 e. The van der Waals surface area contributed by atoms with E-state index in [-0.39, 0.29) is 24.2 Å². The third-order valence-electron chi connectivity index (χ3n) is 4.60. The molecule has 3 aromatic rings. The quantitative estimate of drug-likeness (QED) is 0.301. The van der Waals surface area contributed by atoms with E-state index < -0.39 is 6.10 Å². The van der Waals surface area contributed by atoms with Crippen LogP contribution in [0.1, 0.15) is 5.56 Å². The van der Waals surface area contributed by atoms with Crippen molar-refractivity contribution in [1.29, 1.82) is 0 Å². The average molecular weight is 445 g/mol. The maximum absolute atomic E-state index is 11.2. The van der Waals surface area contributed by atoms with E-state index in [0.717, 1.165) is 29.0 Å². The summed E-state index contributed by atoms with van der Waals surface area (Å²) in [5.41, 5.74) is 1.90. The second-order valence-electron chi connectivity index (χ2n) is 6.95. The molecule has 1 aliphatic heterocycles. The van der Waals surface area contributed by atoms with Gasteiger partial charge in [0.05, 0.1) is 0 Å². The maximum Gasteiger partial charge on any atom is 0.309 e. The van der Waals surface area contributed by atoms with Crippen LogP contribution in [0.2, 0.25) is 0 Å². The van der Waals surface area contributed by atoms with Gasteiger partial charge in [-0.1, -0.05) is 23.5 Å². The lowest BCUT2D eigenvalue weighted by Gasteiger charge is -2.13. The Balaban J connectivity index is 1.15. The van der Waals surface area contributed by atoms with Crippen LogP contribution in [0, 0.1) is 0 Å². The Morgan fingerprint density at radius 1 is 1.16 bits per heavy atom. The molecule has 1 atom stereocenters. The fourth-order valence-corrected chi connectivity index (χ4v) is 3.66. The molecule has 2 heterocycles. The van der Waals surface area contributed by atoms with Crippen LogP contribution in [0.4, 0.5) is 10.7 Å². The van der Waals surface area contributed by atoms with Gasteiger partial charge >= 0.3 is 4.87 Å². The molecule has 0 bridgehead atoms. The number of thiazole rings is 1. The second-order valence-corrected chi connectivity index (χ2v) is 7.93. The number of hydrogen-bond acceptors (Lipinski definition) is 9. The number of aromatic amines is 1. The lowest BCUT2D eigenvalue weighted by Crippen LogP contribution is -2.32. The molecule has 164 valence electrons. The van der Waals surface area contributed by atoms with Crippen LogP contribution in [0.5, 0.6) is 23.1 Å². The number of aliphatic hydroxyl groups excluding tert-OH is 1. The predicted octanol–water partition coefficient (Wildman–Crippen LogP) is 2.19. The lowest BCUT2D eigenvalue weighted by molar-refractivity contribution is 0.106. The van der Waals surface area contributed by atoms with E-state index in [1.165, 1.54) is 0 Å². The van der Waals surface area contributed by atoms with Gasteiger partial charge in [-0.05, 0) is 42.8 Å². The Labute approximate surface area is 182 Å². The van der Waals surface area contributed by atoms with Gasteiger partial charge in [-0.3, -0.25) is 9.78 Å². The first-order chi connectivity index (χ1) is 15.1. The molecular formula is C21H23N3O6S. The van der Waals surface area contributed by atoms with E-state index in [2.05, 4.69) is 15.6 Å². The molecule has 1 aromatic heterocycles. The van der Waals surface area contributed by atoms with Gasteiger partial charge in [0.2, 0.25) is 12.7 Å². The van der Waals surface area contributed by atoms with Crippen molar-refractivity contribution in [1.82, 2.24) is 10.3 Å². The Hall–Kier alpha value is -3.21. The fourth-order valence-electron chi connectivity index (χ4n) is 3.01. The molecule has 2 aromatic carbocycles. The standard InChI is InChI=1S/C21H23N3O6S/c25-15(11-28-16-5-6-17-18(9-16)30-12-29-17)10-22-8-7-13-1-3-14(4-2-13)23-20-19(26)24-21(27)31-20/h1-6,9,15,22-23,25-26H,7-8,10-12H2,(H,24,27)/t15-/m0/s1.